The van der Waals surface area contributed by atoms with Crippen LogP contribution in [-0.4, -0.2) is 30.2 Å². The maximum absolute atomic E-state index is 13.2. The summed E-state index contributed by atoms with van der Waals surface area (Å²) < 4.78 is 3.19. The van der Waals surface area contributed by atoms with Gasteiger partial charge in [-0.05, 0) is 35.7 Å². The topological polar surface area (TPSA) is 107 Å². The van der Waals surface area contributed by atoms with Gasteiger partial charge in [0.15, 0.2) is 0 Å². The maximum atomic E-state index is 13.2. The van der Waals surface area contributed by atoms with E-state index < -0.39 is 0 Å². The molecule has 32 heavy (non-hydrogen) atoms. The van der Waals surface area contributed by atoms with Crippen LogP contribution in [0.4, 0.5) is 17.1 Å². The number of nitrogens with zero attached hydrogens (tertiary/aromatic N) is 5. The molecule has 1 amide bonds. The maximum Gasteiger partial charge on any atom is 0.261 e. The summed E-state index contributed by atoms with van der Waals surface area (Å²) in [6.07, 6.45) is 7.79. The minimum Gasteiger partial charge on any atom is -0.355 e. The fraction of sp³-hybridized carbons (Fsp3) is 0.0870. The Hall–Kier alpha value is -4.53. The van der Waals surface area contributed by atoms with Crippen LogP contribution in [0.3, 0.4) is 0 Å². The number of aromatic nitrogens is 5. The van der Waals surface area contributed by atoms with Crippen molar-refractivity contribution >= 4 is 44.6 Å². The van der Waals surface area contributed by atoms with E-state index in [0.29, 0.717) is 16.8 Å². The number of carbonyl (C=O) groups is 1. The Morgan fingerprint density at radius 2 is 1.84 bits per heavy atom. The Kier molecular flexibility index (Phi) is 4.83. The fourth-order valence-electron chi connectivity index (χ4n) is 3.67. The molecule has 5 aromatic rings. The highest BCUT2D eigenvalue weighted by Crippen LogP contribution is 2.26. The number of rotatable bonds is 5. The van der Waals surface area contributed by atoms with Gasteiger partial charge in [-0.25, -0.2) is 9.97 Å². The zero-order chi connectivity index (χ0) is 22.1. The van der Waals surface area contributed by atoms with Crippen LogP contribution < -0.4 is 16.2 Å². The SMILES string of the molecule is Cn1ncc2cc(Nc3cccc4ccn(CC(=O)Nc5cncnc5)c(=O)c34)ccc21. The van der Waals surface area contributed by atoms with Gasteiger partial charge < -0.3 is 15.2 Å². The third-order valence-corrected chi connectivity index (χ3v) is 5.19. The van der Waals surface area contributed by atoms with E-state index in [4.69, 9.17) is 0 Å². The van der Waals surface area contributed by atoms with Crippen molar-refractivity contribution in [3.05, 3.63) is 83.9 Å². The number of benzene rings is 2. The van der Waals surface area contributed by atoms with Crippen LogP contribution in [0.2, 0.25) is 0 Å². The van der Waals surface area contributed by atoms with Crippen molar-refractivity contribution < 1.29 is 4.79 Å². The molecule has 0 aliphatic carbocycles. The smallest absolute Gasteiger partial charge is 0.261 e. The molecular formula is C23H19N7O2. The number of anilines is 3. The summed E-state index contributed by atoms with van der Waals surface area (Å²) >= 11 is 0. The fourth-order valence-corrected chi connectivity index (χ4v) is 3.67. The quantitative estimate of drug-likeness (QED) is 0.448. The predicted molar refractivity (Wildman–Crippen MR) is 123 cm³/mol. The van der Waals surface area contributed by atoms with Gasteiger partial charge in [0.2, 0.25) is 5.91 Å². The molecule has 0 aliphatic heterocycles. The molecule has 0 spiro atoms. The van der Waals surface area contributed by atoms with Crippen molar-refractivity contribution in [3.8, 4) is 0 Å². The number of amides is 1. The third-order valence-electron chi connectivity index (χ3n) is 5.19. The molecule has 0 bridgehead atoms. The Morgan fingerprint density at radius 1 is 1.00 bits per heavy atom. The van der Waals surface area contributed by atoms with Crippen LogP contribution in [0.5, 0.6) is 0 Å². The summed E-state index contributed by atoms with van der Waals surface area (Å²) in [5.41, 5.74) is 2.74. The summed E-state index contributed by atoms with van der Waals surface area (Å²) in [7, 11) is 1.89. The van der Waals surface area contributed by atoms with E-state index >= 15 is 0 Å². The molecule has 0 saturated carbocycles. The van der Waals surface area contributed by atoms with E-state index in [1.54, 1.807) is 12.4 Å². The molecule has 5 rings (SSSR count). The van der Waals surface area contributed by atoms with Gasteiger partial charge in [-0.2, -0.15) is 5.10 Å². The van der Waals surface area contributed by atoms with Crippen LogP contribution >= 0.6 is 0 Å². The summed E-state index contributed by atoms with van der Waals surface area (Å²) in [6, 6.07) is 13.3. The molecule has 3 heterocycles. The standard InChI is InChI=1S/C23H19N7O2/c1-29-20-6-5-17(9-16(20)10-26-29)27-19-4-2-3-15-7-8-30(23(32)22(15)19)13-21(31)28-18-11-24-14-25-12-18/h2-12,14,27H,13H2,1H3,(H,28,31). The van der Waals surface area contributed by atoms with Crippen LogP contribution in [0.25, 0.3) is 21.7 Å². The first-order valence-electron chi connectivity index (χ1n) is 9.94. The van der Waals surface area contributed by atoms with Gasteiger partial charge in [-0.1, -0.05) is 12.1 Å². The Labute approximate surface area is 182 Å². The highest BCUT2D eigenvalue weighted by Gasteiger charge is 2.12. The highest BCUT2D eigenvalue weighted by atomic mass is 16.2. The average Bonchev–Trinajstić information content (AvgIpc) is 3.16. The lowest BCUT2D eigenvalue weighted by molar-refractivity contribution is -0.116. The number of pyridine rings is 1. The Bertz CT molecular complexity index is 1510. The van der Waals surface area contributed by atoms with E-state index in [1.807, 2.05) is 54.2 Å². The minimum absolute atomic E-state index is 0.125. The Balaban J connectivity index is 1.47. The van der Waals surface area contributed by atoms with Gasteiger partial charge in [0.1, 0.15) is 12.9 Å². The van der Waals surface area contributed by atoms with Crippen molar-refractivity contribution in [3.63, 3.8) is 0 Å². The van der Waals surface area contributed by atoms with Crippen molar-refractivity contribution in [2.75, 3.05) is 10.6 Å². The highest BCUT2D eigenvalue weighted by molar-refractivity contribution is 5.96. The van der Waals surface area contributed by atoms with Crippen molar-refractivity contribution in [2.45, 2.75) is 6.54 Å². The summed E-state index contributed by atoms with van der Waals surface area (Å²) in [6.45, 7) is -0.125. The summed E-state index contributed by atoms with van der Waals surface area (Å²) in [4.78, 5) is 33.4. The van der Waals surface area contributed by atoms with E-state index in [1.165, 1.54) is 23.3 Å². The van der Waals surface area contributed by atoms with E-state index in [0.717, 1.165) is 22.0 Å². The molecule has 3 aromatic heterocycles. The second kappa shape index (κ2) is 7.95. The molecule has 2 aromatic carbocycles. The van der Waals surface area contributed by atoms with Gasteiger partial charge in [0.05, 0.1) is 40.9 Å². The van der Waals surface area contributed by atoms with Crippen molar-refractivity contribution in [2.24, 2.45) is 7.05 Å². The van der Waals surface area contributed by atoms with Gasteiger partial charge in [0, 0.05) is 24.3 Å². The molecule has 0 radical (unpaired) electrons. The zero-order valence-electron chi connectivity index (χ0n) is 17.2. The van der Waals surface area contributed by atoms with Gasteiger partial charge in [-0.15, -0.1) is 0 Å². The number of hydrogen-bond acceptors (Lipinski definition) is 6. The molecule has 158 valence electrons. The van der Waals surface area contributed by atoms with Crippen molar-refractivity contribution in [1.29, 1.82) is 0 Å². The van der Waals surface area contributed by atoms with Crippen LogP contribution in [-0.2, 0) is 18.4 Å². The predicted octanol–water partition coefficient (Wildman–Crippen LogP) is 3.06. The summed E-state index contributed by atoms with van der Waals surface area (Å²) in [5, 5.41) is 12.6. The summed E-state index contributed by atoms with van der Waals surface area (Å²) in [5.74, 6) is -0.339. The lowest BCUT2D eigenvalue weighted by Gasteiger charge is -2.12. The molecular weight excluding hydrogens is 406 g/mol. The van der Waals surface area contributed by atoms with Gasteiger partial charge in [0.25, 0.3) is 5.56 Å². The van der Waals surface area contributed by atoms with E-state index in [9.17, 15) is 9.59 Å². The monoisotopic (exact) mass is 425 g/mol. The Morgan fingerprint density at radius 3 is 2.69 bits per heavy atom. The normalized spacial score (nSPS) is 11.0. The number of carbonyl (C=O) groups excluding carboxylic acids is 1. The first kappa shape index (κ1) is 19.4. The van der Waals surface area contributed by atoms with E-state index in [-0.39, 0.29) is 18.0 Å². The second-order valence-electron chi connectivity index (χ2n) is 7.36. The number of fused-ring (bicyclic) bond motifs is 2. The van der Waals surface area contributed by atoms with Crippen LogP contribution in [0.15, 0.2) is 78.4 Å². The van der Waals surface area contributed by atoms with Crippen LogP contribution in [0.1, 0.15) is 0 Å². The van der Waals surface area contributed by atoms with Crippen LogP contribution in [0, 0.1) is 0 Å². The van der Waals surface area contributed by atoms with Gasteiger partial charge in [-0.3, -0.25) is 14.3 Å². The molecule has 0 atom stereocenters. The molecule has 9 nitrogen and oxygen atoms in total. The number of hydrogen-bond donors (Lipinski definition) is 2. The molecule has 0 unspecified atom stereocenters. The number of aryl methyl sites for hydroxylation is 1. The third kappa shape index (κ3) is 3.67. The van der Waals surface area contributed by atoms with Crippen molar-refractivity contribution in [1.82, 2.24) is 24.3 Å². The number of nitrogens with one attached hydrogen (secondary N) is 2. The first-order chi connectivity index (χ1) is 15.6. The minimum atomic E-state index is -0.339. The molecule has 9 heteroatoms. The largest absolute Gasteiger partial charge is 0.355 e. The molecule has 0 fully saturated rings. The zero-order valence-corrected chi connectivity index (χ0v) is 17.2. The lowest BCUT2D eigenvalue weighted by Crippen LogP contribution is -2.27. The van der Waals surface area contributed by atoms with E-state index in [2.05, 4.69) is 25.7 Å². The second-order valence-corrected chi connectivity index (χ2v) is 7.36. The first-order valence-corrected chi connectivity index (χ1v) is 9.94. The molecule has 2 N–H and O–H groups in total. The van der Waals surface area contributed by atoms with Gasteiger partial charge >= 0.3 is 0 Å². The molecule has 0 aliphatic rings. The lowest BCUT2D eigenvalue weighted by atomic mass is 10.1. The average molecular weight is 425 g/mol. The molecule has 0 saturated heterocycles.